The molecule has 4 atom stereocenters. The maximum atomic E-state index is 13.9. The summed E-state index contributed by atoms with van der Waals surface area (Å²) in [6.07, 6.45) is 8.12. The minimum Gasteiger partial charge on any atom is -0.480 e. The highest BCUT2D eigenvalue weighted by Crippen LogP contribution is 2.28. The van der Waals surface area contributed by atoms with Crippen molar-refractivity contribution in [3.05, 3.63) is 71.8 Å². The summed E-state index contributed by atoms with van der Waals surface area (Å²) in [7, 11) is 0. The normalized spacial score (nSPS) is 18.5. The summed E-state index contributed by atoms with van der Waals surface area (Å²) < 4.78 is 5.31. The van der Waals surface area contributed by atoms with Gasteiger partial charge in [0.05, 0.1) is 18.2 Å². The van der Waals surface area contributed by atoms with E-state index < -0.39 is 53.8 Å². The minimum absolute atomic E-state index is 0.187. The van der Waals surface area contributed by atoms with Crippen LogP contribution in [0.15, 0.2) is 60.7 Å². The van der Waals surface area contributed by atoms with Gasteiger partial charge in [-0.15, -0.1) is 0 Å². The summed E-state index contributed by atoms with van der Waals surface area (Å²) in [4.78, 5) is 66.2. The highest BCUT2D eigenvalue weighted by Gasteiger charge is 2.39. The standard InChI is InChI=1S/C36H48N4O7/c37-28(19-10-11-22-47-36(46)27-17-8-3-9-18-27)32(41)38-29(23-25-13-4-1-5-14-25)33(42)39-30(24-26-15-6-2-7-16-26)34(43)40-21-12-20-31(40)35(44)45/h2-3,6-9,15-18,25,28-31H,1,4-5,10-14,19-24,37H2,(H,38,41)(H,39,42)(H,44,45)/t28-,29+,30-,31+/m0/s1. The topological polar surface area (TPSA) is 168 Å². The number of unbranched alkanes of at least 4 members (excludes halogenated alkanes) is 1. The zero-order valence-corrected chi connectivity index (χ0v) is 27.0. The number of benzene rings is 2. The van der Waals surface area contributed by atoms with E-state index in [2.05, 4.69) is 10.6 Å². The van der Waals surface area contributed by atoms with Gasteiger partial charge in [0.25, 0.3) is 0 Å². The van der Waals surface area contributed by atoms with Crippen molar-refractivity contribution < 1.29 is 33.8 Å². The summed E-state index contributed by atoms with van der Waals surface area (Å²) in [6.45, 7) is 0.505. The Balaban J connectivity index is 1.38. The third kappa shape index (κ3) is 10.9. The molecule has 5 N–H and O–H groups in total. The van der Waals surface area contributed by atoms with E-state index in [1.54, 1.807) is 24.3 Å². The fraction of sp³-hybridized carbons (Fsp3) is 0.528. The Labute approximate surface area is 276 Å². The Hall–Kier alpha value is -4.25. The second-order valence-electron chi connectivity index (χ2n) is 12.7. The lowest BCUT2D eigenvalue weighted by atomic mass is 9.84. The number of nitrogens with two attached hydrogens (primary N) is 1. The van der Waals surface area contributed by atoms with Gasteiger partial charge in [0.2, 0.25) is 17.7 Å². The first-order valence-electron chi connectivity index (χ1n) is 16.9. The van der Waals surface area contributed by atoms with Crippen molar-refractivity contribution in [3.8, 4) is 0 Å². The maximum absolute atomic E-state index is 13.9. The van der Waals surface area contributed by atoms with Gasteiger partial charge in [-0.05, 0) is 62.1 Å². The summed E-state index contributed by atoms with van der Waals surface area (Å²) in [6, 6.07) is 14.3. The maximum Gasteiger partial charge on any atom is 0.338 e. The van der Waals surface area contributed by atoms with Crippen molar-refractivity contribution >= 4 is 29.7 Å². The van der Waals surface area contributed by atoms with Gasteiger partial charge in [-0.1, -0.05) is 80.6 Å². The van der Waals surface area contributed by atoms with Crippen LogP contribution in [0.4, 0.5) is 0 Å². The molecule has 0 unspecified atom stereocenters. The van der Waals surface area contributed by atoms with Crippen LogP contribution in [0.1, 0.15) is 86.6 Å². The molecule has 1 aliphatic carbocycles. The second kappa shape index (κ2) is 18.2. The van der Waals surface area contributed by atoms with Crippen LogP contribution in [0.2, 0.25) is 0 Å². The Morgan fingerprint density at radius 3 is 2.17 bits per heavy atom. The van der Waals surface area contributed by atoms with Crippen LogP contribution in [0.25, 0.3) is 0 Å². The fourth-order valence-corrected chi connectivity index (χ4v) is 6.50. The van der Waals surface area contributed by atoms with Crippen LogP contribution in [-0.2, 0) is 30.3 Å². The number of likely N-dealkylation sites (tertiary alicyclic amines) is 1. The molecule has 0 aromatic heterocycles. The average molecular weight is 649 g/mol. The van der Waals surface area contributed by atoms with Gasteiger partial charge in [-0.25, -0.2) is 9.59 Å². The molecule has 1 aliphatic heterocycles. The molecule has 1 saturated heterocycles. The Morgan fingerprint density at radius 2 is 1.49 bits per heavy atom. The minimum atomic E-state index is -1.06. The lowest BCUT2D eigenvalue weighted by molar-refractivity contribution is -0.149. The van der Waals surface area contributed by atoms with E-state index in [9.17, 15) is 29.1 Å². The number of nitrogens with one attached hydrogen (secondary N) is 2. The van der Waals surface area contributed by atoms with Crippen LogP contribution < -0.4 is 16.4 Å². The number of hydrogen-bond acceptors (Lipinski definition) is 7. The van der Waals surface area contributed by atoms with Gasteiger partial charge >= 0.3 is 11.9 Å². The summed E-state index contributed by atoms with van der Waals surface area (Å²) in [5.41, 5.74) is 7.54. The van der Waals surface area contributed by atoms with E-state index in [-0.39, 0.29) is 18.9 Å². The van der Waals surface area contributed by atoms with Crippen LogP contribution in [0.5, 0.6) is 0 Å². The fourth-order valence-electron chi connectivity index (χ4n) is 6.50. The third-order valence-corrected chi connectivity index (χ3v) is 9.13. The average Bonchev–Trinajstić information content (AvgIpc) is 3.59. The van der Waals surface area contributed by atoms with Gasteiger partial charge in [-0.3, -0.25) is 14.4 Å². The molecule has 4 rings (SSSR count). The number of amides is 3. The van der Waals surface area contributed by atoms with Crippen LogP contribution >= 0.6 is 0 Å². The Kier molecular flexibility index (Phi) is 13.8. The number of carbonyl (C=O) groups excluding carboxylic acids is 4. The highest BCUT2D eigenvalue weighted by atomic mass is 16.5. The van der Waals surface area contributed by atoms with Crippen LogP contribution in [-0.4, -0.2) is 77.0 Å². The van der Waals surface area contributed by atoms with Crippen molar-refractivity contribution in [2.75, 3.05) is 13.2 Å². The van der Waals surface area contributed by atoms with Gasteiger partial charge in [0.15, 0.2) is 0 Å². The number of aliphatic carboxylic acids is 1. The Bertz CT molecular complexity index is 1330. The number of carboxylic acids is 1. The van der Waals surface area contributed by atoms with Crippen molar-refractivity contribution in [1.82, 2.24) is 15.5 Å². The number of ether oxygens (including phenoxy) is 1. The summed E-state index contributed by atoms with van der Waals surface area (Å²) >= 11 is 0. The molecule has 254 valence electrons. The molecule has 0 spiro atoms. The zero-order chi connectivity index (χ0) is 33.6. The molecular weight excluding hydrogens is 600 g/mol. The molecule has 11 heteroatoms. The quantitative estimate of drug-likeness (QED) is 0.158. The van der Waals surface area contributed by atoms with Crippen molar-refractivity contribution in [2.24, 2.45) is 11.7 Å². The molecule has 1 heterocycles. The van der Waals surface area contributed by atoms with Crippen molar-refractivity contribution in [1.29, 1.82) is 0 Å². The molecule has 0 radical (unpaired) electrons. The molecule has 47 heavy (non-hydrogen) atoms. The lowest BCUT2D eigenvalue weighted by Crippen LogP contribution is -2.58. The van der Waals surface area contributed by atoms with Gasteiger partial charge < -0.3 is 31.1 Å². The molecule has 1 saturated carbocycles. The number of hydrogen-bond donors (Lipinski definition) is 4. The first-order chi connectivity index (χ1) is 22.7. The Morgan fingerprint density at radius 1 is 0.830 bits per heavy atom. The van der Waals surface area contributed by atoms with E-state index >= 15 is 0 Å². The van der Waals surface area contributed by atoms with E-state index in [1.807, 2.05) is 36.4 Å². The number of nitrogens with zero attached hydrogens (tertiary/aromatic N) is 1. The zero-order valence-electron chi connectivity index (χ0n) is 27.0. The van der Waals surface area contributed by atoms with Crippen molar-refractivity contribution in [2.45, 2.75) is 101 Å². The van der Waals surface area contributed by atoms with Crippen molar-refractivity contribution in [3.63, 3.8) is 0 Å². The van der Waals surface area contributed by atoms with E-state index in [0.717, 1.165) is 37.7 Å². The molecule has 3 amide bonds. The first-order valence-corrected chi connectivity index (χ1v) is 16.9. The molecule has 2 aromatic carbocycles. The predicted molar refractivity (Wildman–Crippen MR) is 176 cm³/mol. The molecule has 2 aliphatic rings. The van der Waals surface area contributed by atoms with Gasteiger partial charge in [0, 0.05) is 13.0 Å². The monoisotopic (exact) mass is 648 g/mol. The summed E-state index contributed by atoms with van der Waals surface area (Å²) in [5, 5.41) is 15.5. The molecule has 11 nitrogen and oxygen atoms in total. The summed E-state index contributed by atoms with van der Waals surface area (Å²) in [5.74, 6) is -2.61. The largest absolute Gasteiger partial charge is 0.480 e. The number of esters is 1. The first kappa shape index (κ1) is 35.6. The van der Waals surface area contributed by atoms with Crippen LogP contribution in [0.3, 0.4) is 0 Å². The molecule has 0 bridgehead atoms. The highest BCUT2D eigenvalue weighted by molar-refractivity contribution is 5.94. The van der Waals surface area contributed by atoms with Crippen LogP contribution in [0, 0.1) is 5.92 Å². The molecule has 2 aromatic rings. The van der Waals surface area contributed by atoms with Gasteiger partial charge in [0.1, 0.15) is 18.1 Å². The number of carboxylic acid groups (broad SMARTS) is 1. The SMILES string of the molecule is N[C@@H](CCCCOC(=O)c1ccccc1)C(=O)N[C@H](CC1CCCCC1)C(=O)N[C@@H](Cc1ccccc1)C(=O)N1CCC[C@@H]1C(=O)O. The number of rotatable bonds is 16. The lowest BCUT2D eigenvalue weighted by Gasteiger charge is -2.31. The smallest absolute Gasteiger partial charge is 0.338 e. The predicted octanol–water partition coefficient (Wildman–Crippen LogP) is 3.60. The second-order valence-corrected chi connectivity index (χ2v) is 12.7. The molecule has 2 fully saturated rings. The number of carbonyl (C=O) groups is 5. The third-order valence-electron chi connectivity index (χ3n) is 9.13. The van der Waals surface area contributed by atoms with Gasteiger partial charge in [-0.2, -0.15) is 0 Å². The molecular formula is C36H48N4O7. The van der Waals surface area contributed by atoms with E-state index in [1.165, 1.54) is 4.90 Å². The van der Waals surface area contributed by atoms with E-state index in [4.69, 9.17) is 10.5 Å². The van der Waals surface area contributed by atoms with E-state index in [0.29, 0.717) is 50.6 Å².